The van der Waals surface area contributed by atoms with Crippen LogP contribution in [0, 0.1) is 17.2 Å². The molecule has 0 saturated carbocycles. The van der Waals surface area contributed by atoms with Gasteiger partial charge in [0.25, 0.3) is 0 Å². The number of rotatable bonds is 4. The van der Waals surface area contributed by atoms with E-state index in [2.05, 4.69) is 16.3 Å². The van der Waals surface area contributed by atoms with Gasteiger partial charge in [0.15, 0.2) is 0 Å². The van der Waals surface area contributed by atoms with E-state index >= 15 is 0 Å². The Hall–Kier alpha value is -1.57. The van der Waals surface area contributed by atoms with Crippen molar-refractivity contribution in [2.24, 2.45) is 5.92 Å². The summed E-state index contributed by atoms with van der Waals surface area (Å²) in [6, 6.07) is 9.35. The molecule has 1 aliphatic heterocycles. The molecule has 20 heavy (non-hydrogen) atoms. The summed E-state index contributed by atoms with van der Waals surface area (Å²) in [5, 5.41) is 12.1. The Labute approximate surface area is 124 Å². The fraction of sp³-hybridized carbons (Fsp3) is 0.467. The highest BCUT2D eigenvalue weighted by molar-refractivity contribution is 6.30. The lowest BCUT2D eigenvalue weighted by Gasteiger charge is -2.30. The maximum absolute atomic E-state index is 12.2. The third kappa shape index (κ3) is 4.22. The molecule has 1 aromatic carbocycles. The lowest BCUT2D eigenvalue weighted by Crippen LogP contribution is -2.38. The molecule has 0 atom stereocenters. The van der Waals surface area contributed by atoms with Gasteiger partial charge in [-0.05, 0) is 44.1 Å². The maximum atomic E-state index is 12.2. The van der Waals surface area contributed by atoms with E-state index in [0.29, 0.717) is 11.4 Å². The topological polar surface area (TPSA) is 56.1 Å². The van der Waals surface area contributed by atoms with Crippen LogP contribution in [0.3, 0.4) is 0 Å². The quantitative estimate of drug-likeness (QED) is 0.928. The van der Waals surface area contributed by atoms with Crippen LogP contribution in [-0.4, -0.2) is 30.4 Å². The standard InChI is InChI=1S/C15H18ClN3O/c16-13-3-1-4-14(11-13)18-15(20)12-5-9-19(10-6-12)8-2-7-17/h1,3-4,11-12H,2,5-6,8-10H2,(H,18,20). The van der Waals surface area contributed by atoms with Crippen molar-refractivity contribution < 1.29 is 4.79 Å². The molecule has 1 N–H and O–H groups in total. The first kappa shape index (κ1) is 14.8. The largest absolute Gasteiger partial charge is 0.326 e. The number of benzene rings is 1. The summed E-state index contributed by atoms with van der Waals surface area (Å²) in [6.45, 7) is 2.57. The van der Waals surface area contributed by atoms with Crippen LogP contribution in [0.15, 0.2) is 24.3 Å². The zero-order valence-electron chi connectivity index (χ0n) is 11.3. The summed E-state index contributed by atoms with van der Waals surface area (Å²) in [5.41, 5.74) is 0.745. The van der Waals surface area contributed by atoms with E-state index in [1.54, 1.807) is 12.1 Å². The van der Waals surface area contributed by atoms with Crippen LogP contribution in [0.1, 0.15) is 19.3 Å². The minimum absolute atomic E-state index is 0.0484. The molecule has 1 heterocycles. The Morgan fingerprint density at radius 2 is 2.20 bits per heavy atom. The third-order valence-corrected chi connectivity index (χ3v) is 3.83. The first-order valence-electron chi connectivity index (χ1n) is 6.85. The lowest BCUT2D eigenvalue weighted by atomic mass is 9.95. The Balaban J connectivity index is 1.82. The number of hydrogen-bond donors (Lipinski definition) is 1. The van der Waals surface area contributed by atoms with Gasteiger partial charge in [-0.1, -0.05) is 17.7 Å². The predicted octanol–water partition coefficient (Wildman–Crippen LogP) is 2.90. The number of amides is 1. The number of nitrogens with one attached hydrogen (secondary N) is 1. The van der Waals surface area contributed by atoms with Gasteiger partial charge < -0.3 is 10.2 Å². The van der Waals surface area contributed by atoms with Crippen LogP contribution >= 0.6 is 11.6 Å². The zero-order chi connectivity index (χ0) is 14.4. The molecule has 0 spiro atoms. The number of likely N-dealkylation sites (tertiary alicyclic amines) is 1. The maximum Gasteiger partial charge on any atom is 0.227 e. The number of halogens is 1. The molecular weight excluding hydrogens is 274 g/mol. The van der Waals surface area contributed by atoms with Gasteiger partial charge in [-0.15, -0.1) is 0 Å². The van der Waals surface area contributed by atoms with Gasteiger partial charge in [-0.2, -0.15) is 5.26 Å². The molecule has 0 aromatic heterocycles. The monoisotopic (exact) mass is 291 g/mol. The second-order valence-electron chi connectivity index (χ2n) is 5.02. The smallest absolute Gasteiger partial charge is 0.227 e. The molecule has 0 aliphatic carbocycles. The van der Waals surface area contributed by atoms with E-state index in [4.69, 9.17) is 16.9 Å². The average molecular weight is 292 g/mol. The van der Waals surface area contributed by atoms with Crippen LogP contribution in [0.4, 0.5) is 5.69 Å². The summed E-state index contributed by atoms with van der Waals surface area (Å²) in [7, 11) is 0. The van der Waals surface area contributed by atoms with E-state index in [0.717, 1.165) is 38.2 Å². The van der Waals surface area contributed by atoms with E-state index in [1.807, 2.05) is 12.1 Å². The van der Waals surface area contributed by atoms with Crippen LogP contribution in [0.5, 0.6) is 0 Å². The summed E-state index contributed by atoms with van der Waals surface area (Å²) in [4.78, 5) is 14.4. The molecule has 5 heteroatoms. The number of nitrogens with zero attached hydrogens (tertiary/aromatic N) is 2. The molecule has 1 aliphatic rings. The van der Waals surface area contributed by atoms with Crippen molar-refractivity contribution in [3.8, 4) is 6.07 Å². The predicted molar refractivity (Wildman–Crippen MR) is 79.5 cm³/mol. The molecule has 0 unspecified atom stereocenters. The highest BCUT2D eigenvalue weighted by Crippen LogP contribution is 2.21. The minimum Gasteiger partial charge on any atom is -0.326 e. The number of hydrogen-bond acceptors (Lipinski definition) is 3. The van der Waals surface area contributed by atoms with Gasteiger partial charge in [0, 0.05) is 29.6 Å². The summed E-state index contributed by atoms with van der Waals surface area (Å²) in [5.74, 6) is 0.111. The Kier molecular flexibility index (Phi) is 5.40. The van der Waals surface area contributed by atoms with Gasteiger partial charge >= 0.3 is 0 Å². The highest BCUT2D eigenvalue weighted by Gasteiger charge is 2.24. The van der Waals surface area contributed by atoms with Crippen molar-refractivity contribution in [2.75, 3.05) is 25.0 Å². The van der Waals surface area contributed by atoms with Crippen molar-refractivity contribution in [3.05, 3.63) is 29.3 Å². The summed E-state index contributed by atoms with van der Waals surface area (Å²) in [6.07, 6.45) is 2.25. The Morgan fingerprint density at radius 1 is 1.45 bits per heavy atom. The van der Waals surface area contributed by atoms with Crippen LogP contribution < -0.4 is 5.32 Å². The van der Waals surface area contributed by atoms with E-state index in [9.17, 15) is 4.79 Å². The van der Waals surface area contributed by atoms with Crippen molar-refractivity contribution in [1.29, 1.82) is 5.26 Å². The van der Waals surface area contributed by atoms with Crippen molar-refractivity contribution in [2.45, 2.75) is 19.3 Å². The fourth-order valence-electron chi connectivity index (χ4n) is 2.44. The van der Waals surface area contributed by atoms with Gasteiger partial charge in [0.1, 0.15) is 0 Å². The molecule has 106 valence electrons. The normalized spacial score (nSPS) is 16.6. The molecule has 4 nitrogen and oxygen atoms in total. The lowest BCUT2D eigenvalue weighted by molar-refractivity contribution is -0.121. The van der Waals surface area contributed by atoms with Crippen molar-refractivity contribution in [3.63, 3.8) is 0 Å². The summed E-state index contributed by atoms with van der Waals surface area (Å²) >= 11 is 5.90. The van der Waals surface area contributed by atoms with Crippen LogP contribution in [-0.2, 0) is 4.79 Å². The van der Waals surface area contributed by atoms with Gasteiger partial charge in [0.05, 0.1) is 6.07 Å². The molecule has 2 rings (SSSR count). The molecule has 0 bridgehead atoms. The molecule has 0 radical (unpaired) electrons. The van der Waals surface area contributed by atoms with Crippen molar-refractivity contribution in [1.82, 2.24) is 4.90 Å². The van der Waals surface area contributed by atoms with Gasteiger partial charge in [-0.25, -0.2) is 0 Å². The van der Waals surface area contributed by atoms with Gasteiger partial charge in [0.2, 0.25) is 5.91 Å². The van der Waals surface area contributed by atoms with Gasteiger partial charge in [-0.3, -0.25) is 4.79 Å². The fourth-order valence-corrected chi connectivity index (χ4v) is 2.63. The molecule has 1 amide bonds. The molecule has 1 saturated heterocycles. The molecule has 1 fully saturated rings. The van der Waals surface area contributed by atoms with Crippen molar-refractivity contribution >= 4 is 23.2 Å². The second kappa shape index (κ2) is 7.28. The number of nitriles is 1. The third-order valence-electron chi connectivity index (χ3n) is 3.59. The van der Waals surface area contributed by atoms with Crippen LogP contribution in [0.2, 0.25) is 5.02 Å². The van der Waals surface area contributed by atoms with E-state index in [-0.39, 0.29) is 11.8 Å². The molecular formula is C15H18ClN3O. The number of piperidine rings is 1. The molecule has 1 aromatic rings. The minimum atomic E-state index is 0.0484. The Bertz CT molecular complexity index is 504. The average Bonchev–Trinajstić information content (AvgIpc) is 2.45. The van der Waals surface area contributed by atoms with E-state index in [1.165, 1.54) is 0 Å². The first-order chi connectivity index (χ1) is 9.69. The van der Waals surface area contributed by atoms with Crippen LogP contribution in [0.25, 0.3) is 0 Å². The Morgan fingerprint density at radius 3 is 2.85 bits per heavy atom. The van der Waals surface area contributed by atoms with E-state index < -0.39 is 0 Å². The first-order valence-corrected chi connectivity index (χ1v) is 7.22. The SMILES string of the molecule is N#CCCN1CCC(C(=O)Nc2cccc(Cl)c2)CC1. The number of carbonyl (C=O) groups excluding carboxylic acids is 1. The zero-order valence-corrected chi connectivity index (χ0v) is 12.1. The second-order valence-corrected chi connectivity index (χ2v) is 5.46. The summed E-state index contributed by atoms with van der Waals surface area (Å²) < 4.78 is 0. The number of anilines is 1. The highest BCUT2D eigenvalue weighted by atomic mass is 35.5. The number of carbonyl (C=O) groups is 1.